The average molecular weight is 405 g/mol. The number of anilines is 1. The van der Waals surface area contributed by atoms with Gasteiger partial charge in [0, 0.05) is 6.08 Å². The van der Waals surface area contributed by atoms with E-state index in [1.165, 1.54) is 24.5 Å². The van der Waals surface area contributed by atoms with Crippen molar-refractivity contribution in [2.24, 2.45) is 0 Å². The van der Waals surface area contributed by atoms with Crippen molar-refractivity contribution in [3.05, 3.63) is 65.5 Å². The second kappa shape index (κ2) is 9.21. The van der Waals surface area contributed by atoms with Gasteiger partial charge < -0.3 is 14.8 Å². The Bertz CT molecular complexity index is 1020. The maximum absolute atomic E-state index is 12.5. The van der Waals surface area contributed by atoms with E-state index in [1.54, 1.807) is 24.3 Å². The fraction of sp³-hybridized carbons (Fsp3) is 0.273. The van der Waals surface area contributed by atoms with Gasteiger partial charge in [-0.05, 0) is 52.6 Å². The molecule has 1 aliphatic rings. The number of aromatic amines is 1. The van der Waals surface area contributed by atoms with Crippen molar-refractivity contribution in [1.29, 1.82) is 0 Å². The number of ether oxygens (including phenoxy) is 2. The molecule has 1 atom stereocenters. The van der Waals surface area contributed by atoms with Gasteiger partial charge in [0.15, 0.2) is 23.4 Å². The number of aryl methyl sites for hydroxylation is 1. The summed E-state index contributed by atoms with van der Waals surface area (Å²) in [4.78, 5) is 12.5. The molecule has 1 aromatic heterocycles. The number of fused-ring (bicyclic) bond motifs is 1. The molecule has 30 heavy (non-hydrogen) atoms. The lowest BCUT2D eigenvalue weighted by Crippen LogP contribution is -2.24. The molecule has 8 nitrogen and oxygen atoms in total. The lowest BCUT2D eigenvalue weighted by molar-refractivity contribution is -0.111. The third-order valence-corrected chi connectivity index (χ3v) is 4.78. The summed E-state index contributed by atoms with van der Waals surface area (Å²) in [7, 11) is 0. The zero-order chi connectivity index (χ0) is 20.8. The Morgan fingerprint density at radius 1 is 1.27 bits per heavy atom. The second-order valence-electron chi connectivity index (χ2n) is 7.00. The molecule has 3 aromatic rings. The molecular weight excluding hydrogens is 382 g/mol. The van der Waals surface area contributed by atoms with Crippen molar-refractivity contribution in [3.8, 4) is 11.5 Å². The van der Waals surface area contributed by atoms with Gasteiger partial charge in [-0.2, -0.15) is 0 Å². The van der Waals surface area contributed by atoms with Gasteiger partial charge in [0.25, 0.3) is 0 Å². The Balaban J connectivity index is 1.42. The maximum atomic E-state index is 12.5. The minimum Gasteiger partial charge on any atom is -0.485 e. The van der Waals surface area contributed by atoms with E-state index in [4.69, 9.17) is 9.47 Å². The molecule has 1 amide bonds. The van der Waals surface area contributed by atoms with E-state index in [2.05, 4.69) is 45.0 Å². The summed E-state index contributed by atoms with van der Waals surface area (Å²) in [5.74, 6) is 1.21. The number of nitrogens with one attached hydrogen (secondary N) is 2. The number of para-hydroxylation sites is 1. The highest BCUT2D eigenvalue weighted by Crippen LogP contribution is 2.41. The van der Waals surface area contributed by atoms with Gasteiger partial charge in [-0.15, -0.1) is 5.10 Å². The van der Waals surface area contributed by atoms with E-state index in [1.807, 2.05) is 12.1 Å². The molecule has 0 saturated heterocycles. The van der Waals surface area contributed by atoms with E-state index < -0.39 is 6.10 Å². The van der Waals surface area contributed by atoms with Crippen LogP contribution >= 0.6 is 0 Å². The molecule has 154 valence electrons. The Hall–Kier alpha value is -3.68. The monoisotopic (exact) mass is 405 g/mol. The van der Waals surface area contributed by atoms with Crippen LogP contribution in [0.4, 0.5) is 5.69 Å². The Morgan fingerprint density at radius 3 is 2.90 bits per heavy atom. The third kappa shape index (κ3) is 4.65. The van der Waals surface area contributed by atoms with Crippen LogP contribution in [0.3, 0.4) is 0 Å². The zero-order valence-electron chi connectivity index (χ0n) is 16.7. The predicted molar refractivity (Wildman–Crippen MR) is 112 cm³/mol. The molecule has 0 saturated carbocycles. The Labute approximate surface area is 174 Å². The van der Waals surface area contributed by atoms with Crippen LogP contribution in [0, 0.1) is 0 Å². The van der Waals surface area contributed by atoms with Gasteiger partial charge in [0.1, 0.15) is 6.61 Å². The quantitative estimate of drug-likeness (QED) is 0.581. The number of carbonyl (C=O) groups is 1. The average Bonchev–Trinajstić information content (AvgIpc) is 3.32. The standard InChI is InChI=1S/C22H23N5O3/c1-2-3-5-15-8-10-16(11-9-15)12-13-20(28)23-17-6-4-7-18-21(17)30-19(14-29-18)22-24-26-27-25-22/h4,6-13,19H,2-3,5,14H2,1H3,(H,23,28)(H,24,25,26,27). The molecule has 0 fully saturated rings. The number of rotatable bonds is 7. The smallest absolute Gasteiger partial charge is 0.248 e. The van der Waals surface area contributed by atoms with Crippen LogP contribution in [0.1, 0.15) is 42.8 Å². The van der Waals surface area contributed by atoms with Crippen LogP contribution in [0.5, 0.6) is 11.5 Å². The topological polar surface area (TPSA) is 102 Å². The number of hydrogen-bond acceptors (Lipinski definition) is 6. The molecule has 8 heteroatoms. The highest BCUT2D eigenvalue weighted by molar-refractivity contribution is 6.03. The number of carbonyl (C=O) groups excluding carboxylic acids is 1. The van der Waals surface area contributed by atoms with Crippen LogP contribution in [0.2, 0.25) is 0 Å². The molecule has 0 aliphatic carbocycles. The summed E-state index contributed by atoms with van der Waals surface area (Å²) in [5, 5.41) is 16.5. The predicted octanol–water partition coefficient (Wildman–Crippen LogP) is 3.71. The fourth-order valence-corrected chi connectivity index (χ4v) is 3.15. The lowest BCUT2D eigenvalue weighted by atomic mass is 10.1. The number of unbranched alkanes of at least 4 members (excludes halogenated alkanes) is 1. The molecule has 1 unspecified atom stereocenters. The van der Waals surface area contributed by atoms with E-state index in [0.29, 0.717) is 23.0 Å². The van der Waals surface area contributed by atoms with Crippen LogP contribution in [-0.4, -0.2) is 33.1 Å². The van der Waals surface area contributed by atoms with Gasteiger partial charge in [0.05, 0.1) is 5.69 Å². The van der Waals surface area contributed by atoms with Crippen molar-refractivity contribution >= 4 is 17.7 Å². The molecule has 2 N–H and O–H groups in total. The van der Waals surface area contributed by atoms with Crippen LogP contribution in [-0.2, 0) is 11.2 Å². The van der Waals surface area contributed by atoms with Gasteiger partial charge >= 0.3 is 0 Å². The molecule has 4 rings (SSSR count). The first-order chi connectivity index (χ1) is 14.7. The number of nitrogens with zero attached hydrogens (tertiary/aromatic N) is 3. The number of H-pyrrole nitrogens is 1. The molecule has 2 aromatic carbocycles. The highest BCUT2D eigenvalue weighted by atomic mass is 16.6. The van der Waals surface area contributed by atoms with Crippen LogP contribution in [0.25, 0.3) is 6.08 Å². The molecule has 0 bridgehead atoms. The first-order valence-corrected chi connectivity index (χ1v) is 9.97. The van der Waals surface area contributed by atoms with Crippen molar-refractivity contribution in [2.75, 3.05) is 11.9 Å². The lowest BCUT2D eigenvalue weighted by Gasteiger charge is -2.26. The first kappa shape index (κ1) is 19.6. The van der Waals surface area contributed by atoms with Crippen molar-refractivity contribution in [3.63, 3.8) is 0 Å². The zero-order valence-corrected chi connectivity index (χ0v) is 16.7. The number of tetrazole rings is 1. The van der Waals surface area contributed by atoms with Gasteiger partial charge in [-0.25, -0.2) is 5.10 Å². The van der Waals surface area contributed by atoms with E-state index in [9.17, 15) is 4.79 Å². The van der Waals surface area contributed by atoms with Crippen molar-refractivity contribution < 1.29 is 14.3 Å². The van der Waals surface area contributed by atoms with E-state index in [-0.39, 0.29) is 12.5 Å². The summed E-state index contributed by atoms with van der Waals surface area (Å²) in [6.45, 7) is 2.46. The van der Waals surface area contributed by atoms with Crippen molar-refractivity contribution in [2.45, 2.75) is 32.3 Å². The van der Waals surface area contributed by atoms with Crippen LogP contribution < -0.4 is 14.8 Å². The number of hydrogen-bond donors (Lipinski definition) is 2. The Kier molecular flexibility index (Phi) is 6.03. The maximum Gasteiger partial charge on any atom is 0.248 e. The third-order valence-electron chi connectivity index (χ3n) is 4.78. The normalized spacial score (nSPS) is 15.3. The van der Waals surface area contributed by atoms with Gasteiger partial charge in [-0.3, -0.25) is 4.79 Å². The van der Waals surface area contributed by atoms with Gasteiger partial charge in [0.2, 0.25) is 5.91 Å². The number of aromatic nitrogens is 4. The molecule has 0 radical (unpaired) electrons. The second-order valence-corrected chi connectivity index (χ2v) is 7.00. The largest absolute Gasteiger partial charge is 0.485 e. The van der Waals surface area contributed by atoms with Crippen molar-refractivity contribution in [1.82, 2.24) is 20.6 Å². The summed E-state index contributed by atoms with van der Waals surface area (Å²) < 4.78 is 11.7. The number of amides is 1. The van der Waals surface area contributed by atoms with E-state index >= 15 is 0 Å². The summed E-state index contributed by atoms with van der Waals surface area (Å²) in [6.07, 6.45) is 6.24. The minimum atomic E-state index is -0.479. The van der Waals surface area contributed by atoms with Gasteiger partial charge in [-0.1, -0.05) is 43.7 Å². The number of benzene rings is 2. The summed E-state index contributed by atoms with van der Waals surface area (Å²) >= 11 is 0. The summed E-state index contributed by atoms with van der Waals surface area (Å²) in [6, 6.07) is 13.6. The first-order valence-electron chi connectivity index (χ1n) is 9.97. The van der Waals surface area contributed by atoms with E-state index in [0.717, 1.165) is 12.0 Å². The highest BCUT2D eigenvalue weighted by Gasteiger charge is 2.27. The minimum absolute atomic E-state index is 0.259. The Morgan fingerprint density at radius 2 is 2.13 bits per heavy atom. The van der Waals surface area contributed by atoms with Crippen LogP contribution in [0.15, 0.2) is 48.5 Å². The molecule has 2 heterocycles. The summed E-state index contributed by atoms with van der Waals surface area (Å²) in [5.41, 5.74) is 2.80. The molecule has 0 spiro atoms. The molecule has 1 aliphatic heterocycles. The molecular formula is C22H23N5O3. The fourth-order valence-electron chi connectivity index (χ4n) is 3.15. The SMILES string of the molecule is CCCCc1ccc(C=CC(=O)Nc2cccc3c2OC(c2nnn[nH]2)CO3)cc1.